The second-order valence-corrected chi connectivity index (χ2v) is 4.77. The van der Waals surface area contributed by atoms with Crippen LogP contribution >= 0.6 is 12.2 Å². The Balaban J connectivity index is 2.08. The molecule has 0 saturated heterocycles. The summed E-state index contributed by atoms with van der Waals surface area (Å²) in [6.07, 6.45) is 0. The van der Waals surface area contributed by atoms with Crippen LogP contribution in [-0.2, 0) is 0 Å². The summed E-state index contributed by atoms with van der Waals surface area (Å²) >= 11 is 5.14. The molecule has 1 aromatic carbocycles. The van der Waals surface area contributed by atoms with Crippen molar-refractivity contribution in [2.75, 3.05) is 10.6 Å². The first kappa shape index (κ1) is 14.8. The molecule has 1 heterocycles. The monoisotopic (exact) mass is 303 g/mol. The summed E-state index contributed by atoms with van der Waals surface area (Å²) in [6, 6.07) is 7.92. The first-order valence-electron chi connectivity index (χ1n) is 6.09. The Bertz CT molecular complexity index is 684. The summed E-state index contributed by atoms with van der Waals surface area (Å²) < 4.78 is 0. The van der Waals surface area contributed by atoms with Gasteiger partial charge in [-0.2, -0.15) is 0 Å². The molecule has 0 aliphatic heterocycles. The van der Waals surface area contributed by atoms with Crippen molar-refractivity contribution in [1.82, 2.24) is 9.97 Å². The van der Waals surface area contributed by atoms with Crippen LogP contribution < -0.4 is 10.6 Å². The summed E-state index contributed by atoms with van der Waals surface area (Å²) in [5.74, 6) is 0.385. The van der Waals surface area contributed by atoms with E-state index in [1.54, 1.807) is 12.1 Å². The highest BCUT2D eigenvalue weighted by molar-refractivity contribution is 7.80. The molecule has 0 aliphatic rings. The largest absolute Gasteiger partial charge is 0.332 e. The Hall–Kier alpha value is -2.61. The zero-order chi connectivity index (χ0) is 15.4. The number of aromatic nitrogens is 2. The van der Waals surface area contributed by atoms with Crippen LogP contribution in [0.15, 0.2) is 30.3 Å². The molecule has 7 nitrogen and oxygen atoms in total. The molecule has 0 radical (unpaired) electrons. The minimum atomic E-state index is -0.464. The molecule has 21 heavy (non-hydrogen) atoms. The number of hydrogen-bond donors (Lipinski definition) is 2. The van der Waals surface area contributed by atoms with Crippen molar-refractivity contribution in [2.45, 2.75) is 13.8 Å². The number of nitrogens with zero attached hydrogens (tertiary/aromatic N) is 3. The van der Waals surface area contributed by atoms with Crippen molar-refractivity contribution < 1.29 is 4.92 Å². The van der Waals surface area contributed by atoms with Gasteiger partial charge in [0.15, 0.2) is 5.11 Å². The molecule has 0 unspecified atom stereocenters. The Morgan fingerprint density at radius 2 is 1.86 bits per heavy atom. The molecule has 2 rings (SSSR count). The number of nitrogens with one attached hydrogen (secondary N) is 2. The molecular formula is C13H13N5O2S. The fourth-order valence-corrected chi connectivity index (χ4v) is 1.95. The Morgan fingerprint density at radius 1 is 1.19 bits per heavy atom. The normalized spacial score (nSPS) is 10.0. The Morgan fingerprint density at radius 3 is 2.48 bits per heavy atom. The molecule has 1 aromatic heterocycles. The van der Waals surface area contributed by atoms with Crippen LogP contribution in [0.2, 0.25) is 0 Å². The third kappa shape index (κ3) is 4.18. The molecule has 0 spiro atoms. The molecule has 108 valence electrons. The van der Waals surface area contributed by atoms with Gasteiger partial charge in [0.2, 0.25) is 5.95 Å². The maximum atomic E-state index is 10.7. The Labute approximate surface area is 126 Å². The lowest BCUT2D eigenvalue weighted by molar-refractivity contribution is -0.384. The van der Waals surface area contributed by atoms with E-state index >= 15 is 0 Å². The molecule has 0 saturated carbocycles. The number of benzene rings is 1. The maximum absolute atomic E-state index is 10.7. The average molecular weight is 303 g/mol. The van der Waals surface area contributed by atoms with E-state index < -0.39 is 4.92 Å². The Kier molecular flexibility index (Phi) is 4.39. The summed E-state index contributed by atoms with van der Waals surface area (Å²) in [6.45, 7) is 3.72. The smallest absolute Gasteiger partial charge is 0.271 e. The molecular weight excluding hydrogens is 290 g/mol. The fraction of sp³-hybridized carbons (Fsp3) is 0.154. The van der Waals surface area contributed by atoms with E-state index in [0.717, 1.165) is 11.4 Å². The van der Waals surface area contributed by atoms with Gasteiger partial charge in [-0.15, -0.1) is 0 Å². The number of rotatable bonds is 3. The van der Waals surface area contributed by atoms with Gasteiger partial charge in [-0.3, -0.25) is 10.1 Å². The molecule has 0 bridgehead atoms. The van der Waals surface area contributed by atoms with Crippen molar-refractivity contribution in [3.05, 3.63) is 51.8 Å². The SMILES string of the molecule is Cc1cc(C)nc(NC(=S)Nc2cccc([N+](=O)[O-])c2)n1. The molecule has 0 aliphatic carbocycles. The van der Waals surface area contributed by atoms with E-state index in [4.69, 9.17) is 12.2 Å². The van der Waals surface area contributed by atoms with E-state index in [1.165, 1.54) is 12.1 Å². The minimum absolute atomic E-state index is 0.00884. The maximum Gasteiger partial charge on any atom is 0.271 e. The van der Waals surface area contributed by atoms with Crippen LogP contribution in [0.5, 0.6) is 0 Å². The first-order chi connectivity index (χ1) is 9.94. The molecule has 0 atom stereocenters. The van der Waals surface area contributed by atoms with Gasteiger partial charge in [0, 0.05) is 29.2 Å². The zero-order valence-electron chi connectivity index (χ0n) is 11.5. The third-order valence-electron chi connectivity index (χ3n) is 2.52. The van der Waals surface area contributed by atoms with Crippen LogP contribution in [0, 0.1) is 24.0 Å². The highest BCUT2D eigenvalue weighted by atomic mass is 32.1. The predicted molar refractivity (Wildman–Crippen MR) is 84.4 cm³/mol. The summed E-state index contributed by atoms with van der Waals surface area (Å²) in [5, 5.41) is 16.7. The van der Waals surface area contributed by atoms with Gasteiger partial charge in [0.25, 0.3) is 5.69 Å². The predicted octanol–water partition coefficient (Wildman–Crippen LogP) is 2.81. The van der Waals surface area contributed by atoms with Crippen LogP contribution in [-0.4, -0.2) is 20.0 Å². The van der Waals surface area contributed by atoms with Crippen LogP contribution in [0.4, 0.5) is 17.3 Å². The number of thiocarbonyl (C=S) groups is 1. The average Bonchev–Trinajstić information content (AvgIpc) is 2.37. The van der Waals surface area contributed by atoms with E-state index in [-0.39, 0.29) is 10.8 Å². The fourth-order valence-electron chi connectivity index (χ4n) is 1.74. The second kappa shape index (κ2) is 6.23. The van der Waals surface area contributed by atoms with E-state index in [1.807, 2.05) is 19.9 Å². The number of hydrogen-bond acceptors (Lipinski definition) is 5. The standard InChI is InChI=1S/C13H13N5O2S/c1-8-6-9(2)15-12(14-8)17-13(21)16-10-4-3-5-11(7-10)18(19)20/h3-7H,1-2H3,(H2,14,15,16,17,21). The quantitative estimate of drug-likeness (QED) is 0.511. The lowest BCUT2D eigenvalue weighted by Crippen LogP contribution is -2.21. The highest BCUT2D eigenvalue weighted by Gasteiger charge is 2.07. The number of aryl methyl sites for hydroxylation is 2. The second-order valence-electron chi connectivity index (χ2n) is 4.36. The van der Waals surface area contributed by atoms with Crippen LogP contribution in [0.25, 0.3) is 0 Å². The minimum Gasteiger partial charge on any atom is -0.332 e. The lowest BCUT2D eigenvalue weighted by atomic mass is 10.3. The van der Waals surface area contributed by atoms with Crippen molar-refractivity contribution in [2.24, 2.45) is 0 Å². The zero-order valence-corrected chi connectivity index (χ0v) is 12.3. The van der Waals surface area contributed by atoms with Gasteiger partial charge < -0.3 is 10.6 Å². The van der Waals surface area contributed by atoms with Crippen LogP contribution in [0.1, 0.15) is 11.4 Å². The van der Waals surface area contributed by atoms with E-state index in [2.05, 4.69) is 20.6 Å². The van der Waals surface area contributed by atoms with Gasteiger partial charge in [-0.05, 0) is 38.2 Å². The lowest BCUT2D eigenvalue weighted by Gasteiger charge is -2.10. The molecule has 8 heteroatoms. The molecule has 0 amide bonds. The third-order valence-corrected chi connectivity index (χ3v) is 2.73. The summed E-state index contributed by atoms with van der Waals surface area (Å²) in [7, 11) is 0. The number of nitro benzene ring substituents is 1. The van der Waals surface area contributed by atoms with E-state index in [9.17, 15) is 10.1 Å². The summed E-state index contributed by atoms with van der Waals surface area (Å²) in [5.41, 5.74) is 2.16. The first-order valence-corrected chi connectivity index (χ1v) is 6.49. The van der Waals surface area contributed by atoms with Crippen LogP contribution in [0.3, 0.4) is 0 Å². The van der Waals surface area contributed by atoms with Gasteiger partial charge in [-0.25, -0.2) is 9.97 Å². The van der Waals surface area contributed by atoms with E-state index in [0.29, 0.717) is 11.6 Å². The molecule has 2 aromatic rings. The van der Waals surface area contributed by atoms with Gasteiger partial charge in [0.1, 0.15) is 0 Å². The number of non-ortho nitro benzene ring substituents is 1. The molecule has 0 fully saturated rings. The van der Waals surface area contributed by atoms with Gasteiger partial charge in [0.05, 0.1) is 4.92 Å². The topological polar surface area (TPSA) is 93.0 Å². The van der Waals surface area contributed by atoms with Crippen molar-refractivity contribution >= 4 is 34.7 Å². The van der Waals surface area contributed by atoms with Crippen molar-refractivity contribution in [3.63, 3.8) is 0 Å². The van der Waals surface area contributed by atoms with Crippen molar-refractivity contribution in [3.8, 4) is 0 Å². The molecule has 2 N–H and O–H groups in total. The van der Waals surface area contributed by atoms with Gasteiger partial charge >= 0.3 is 0 Å². The van der Waals surface area contributed by atoms with Gasteiger partial charge in [-0.1, -0.05) is 6.07 Å². The van der Waals surface area contributed by atoms with Crippen molar-refractivity contribution in [1.29, 1.82) is 0 Å². The number of nitro groups is 1. The highest BCUT2D eigenvalue weighted by Crippen LogP contribution is 2.17. The summed E-state index contributed by atoms with van der Waals surface area (Å²) in [4.78, 5) is 18.7. The number of anilines is 2.